The van der Waals surface area contributed by atoms with E-state index in [0.717, 1.165) is 29.3 Å². The molecule has 3 rings (SSSR count). The predicted octanol–water partition coefficient (Wildman–Crippen LogP) is 3.09. The lowest BCUT2D eigenvalue weighted by molar-refractivity contribution is -0.0688. The van der Waals surface area contributed by atoms with E-state index in [0.29, 0.717) is 0 Å². The second kappa shape index (κ2) is 6.10. The highest BCUT2D eigenvalue weighted by molar-refractivity contribution is 5.79. The van der Waals surface area contributed by atoms with Crippen molar-refractivity contribution in [1.29, 1.82) is 0 Å². The van der Waals surface area contributed by atoms with Crippen LogP contribution < -0.4 is 11.3 Å². The third-order valence-corrected chi connectivity index (χ3v) is 4.76. The zero-order valence-corrected chi connectivity index (χ0v) is 12.5. The van der Waals surface area contributed by atoms with E-state index in [-0.39, 0.29) is 11.6 Å². The van der Waals surface area contributed by atoms with Gasteiger partial charge in [-0.3, -0.25) is 16.3 Å². The number of hydrogen-bond donors (Lipinski definition) is 2. The molecule has 1 heterocycles. The molecule has 21 heavy (non-hydrogen) atoms. The van der Waals surface area contributed by atoms with Gasteiger partial charge in [-0.05, 0) is 30.5 Å². The van der Waals surface area contributed by atoms with Crippen molar-refractivity contribution in [3.63, 3.8) is 0 Å². The van der Waals surface area contributed by atoms with Gasteiger partial charge in [-0.15, -0.1) is 0 Å². The Morgan fingerprint density at radius 1 is 1.24 bits per heavy atom. The summed E-state index contributed by atoms with van der Waals surface area (Å²) in [7, 11) is 1.80. The van der Waals surface area contributed by atoms with Crippen LogP contribution in [0.15, 0.2) is 36.5 Å². The number of benzene rings is 1. The summed E-state index contributed by atoms with van der Waals surface area (Å²) < 4.78 is 5.94. The van der Waals surface area contributed by atoms with Gasteiger partial charge in [0.15, 0.2) is 0 Å². The molecule has 2 aromatic rings. The van der Waals surface area contributed by atoms with E-state index >= 15 is 0 Å². The minimum absolute atomic E-state index is 0.00536. The summed E-state index contributed by atoms with van der Waals surface area (Å²) in [5, 5.41) is 1.15. The van der Waals surface area contributed by atoms with E-state index in [1.807, 2.05) is 12.3 Å². The van der Waals surface area contributed by atoms with E-state index in [2.05, 4.69) is 34.7 Å². The monoisotopic (exact) mass is 285 g/mol. The summed E-state index contributed by atoms with van der Waals surface area (Å²) in [4.78, 5) is 4.44. The molecule has 4 heteroatoms. The van der Waals surface area contributed by atoms with Crippen molar-refractivity contribution < 1.29 is 4.74 Å². The Kier molecular flexibility index (Phi) is 4.19. The average molecular weight is 285 g/mol. The third kappa shape index (κ3) is 2.67. The molecule has 1 aliphatic rings. The molecular weight excluding hydrogens is 262 g/mol. The van der Waals surface area contributed by atoms with E-state index < -0.39 is 0 Å². The minimum Gasteiger partial charge on any atom is -0.376 e. The van der Waals surface area contributed by atoms with Crippen LogP contribution in [-0.4, -0.2) is 17.7 Å². The Morgan fingerprint density at radius 3 is 2.76 bits per heavy atom. The number of hydrogen-bond acceptors (Lipinski definition) is 4. The Hall–Kier alpha value is -1.49. The molecule has 1 unspecified atom stereocenters. The Bertz CT molecular complexity index is 608. The predicted molar refractivity (Wildman–Crippen MR) is 84.6 cm³/mol. The van der Waals surface area contributed by atoms with E-state index in [1.54, 1.807) is 7.11 Å². The number of pyridine rings is 1. The highest BCUT2D eigenvalue weighted by Crippen LogP contribution is 2.41. The van der Waals surface area contributed by atoms with Gasteiger partial charge in [0.2, 0.25) is 0 Å². The number of ether oxygens (including phenoxy) is 1. The van der Waals surface area contributed by atoms with Crippen LogP contribution in [0.3, 0.4) is 0 Å². The van der Waals surface area contributed by atoms with Gasteiger partial charge in [0.1, 0.15) is 0 Å². The van der Waals surface area contributed by atoms with Crippen molar-refractivity contribution in [3.8, 4) is 0 Å². The summed E-state index contributed by atoms with van der Waals surface area (Å²) in [6.45, 7) is 0. The molecular formula is C17H23N3O. The summed E-state index contributed by atoms with van der Waals surface area (Å²) >= 11 is 0. The quantitative estimate of drug-likeness (QED) is 0.669. The lowest BCUT2D eigenvalue weighted by Gasteiger charge is -2.42. The molecule has 1 aromatic heterocycles. The van der Waals surface area contributed by atoms with E-state index in [9.17, 15) is 0 Å². The van der Waals surface area contributed by atoms with Crippen LogP contribution in [-0.2, 0) is 4.74 Å². The maximum atomic E-state index is 5.94. The van der Waals surface area contributed by atoms with Crippen LogP contribution in [0.1, 0.15) is 43.7 Å². The third-order valence-electron chi connectivity index (χ3n) is 4.76. The first-order chi connectivity index (χ1) is 10.3. The number of nitrogens with one attached hydrogen (secondary N) is 1. The van der Waals surface area contributed by atoms with Gasteiger partial charge < -0.3 is 4.74 Å². The van der Waals surface area contributed by atoms with Crippen molar-refractivity contribution >= 4 is 10.9 Å². The van der Waals surface area contributed by atoms with Gasteiger partial charge in [0.05, 0.1) is 17.2 Å². The number of nitrogens with two attached hydrogens (primary N) is 1. The van der Waals surface area contributed by atoms with Crippen LogP contribution in [0.4, 0.5) is 0 Å². The van der Waals surface area contributed by atoms with Crippen LogP contribution in [0.2, 0.25) is 0 Å². The van der Waals surface area contributed by atoms with E-state index in [4.69, 9.17) is 10.6 Å². The summed E-state index contributed by atoms with van der Waals surface area (Å²) in [5.41, 5.74) is 4.92. The highest BCUT2D eigenvalue weighted by Gasteiger charge is 2.40. The van der Waals surface area contributed by atoms with E-state index in [1.165, 1.54) is 19.3 Å². The molecule has 4 nitrogen and oxygen atoms in total. The minimum atomic E-state index is -0.213. The molecule has 0 aliphatic heterocycles. The molecule has 1 saturated carbocycles. The Labute approximate surface area is 125 Å². The molecule has 0 spiro atoms. The average Bonchev–Trinajstić information content (AvgIpc) is 2.56. The van der Waals surface area contributed by atoms with Crippen molar-refractivity contribution in [1.82, 2.24) is 10.4 Å². The van der Waals surface area contributed by atoms with Crippen molar-refractivity contribution in [2.24, 2.45) is 5.84 Å². The second-order valence-corrected chi connectivity index (χ2v) is 5.88. The fourth-order valence-corrected chi connectivity index (χ4v) is 3.58. The summed E-state index contributed by atoms with van der Waals surface area (Å²) in [5.74, 6) is 5.89. The normalized spacial score (nSPS) is 19.5. The topological polar surface area (TPSA) is 60.2 Å². The molecule has 1 fully saturated rings. The molecule has 3 N–H and O–H groups in total. The molecule has 1 aliphatic carbocycles. The first-order valence-corrected chi connectivity index (χ1v) is 7.65. The zero-order valence-electron chi connectivity index (χ0n) is 12.5. The molecule has 0 amide bonds. The number of nitrogens with zero attached hydrogens (tertiary/aromatic N) is 1. The fraction of sp³-hybridized carbons (Fsp3) is 0.471. The Morgan fingerprint density at radius 2 is 2.05 bits per heavy atom. The Balaban J connectivity index is 2.00. The molecule has 0 radical (unpaired) electrons. The SMILES string of the molecule is COC1(C(NN)c2ccc3cccnc3c2)CCCCC1. The van der Waals surface area contributed by atoms with Crippen LogP contribution in [0.5, 0.6) is 0 Å². The van der Waals surface area contributed by atoms with Gasteiger partial charge in [-0.2, -0.15) is 0 Å². The van der Waals surface area contributed by atoms with Gasteiger partial charge in [0, 0.05) is 18.7 Å². The van der Waals surface area contributed by atoms with Crippen molar-refractivity contribution in [2.75, 3.05) is 7.11 Å². The maximum Gasteiger partial charge on any atom is 0.0885 e. The van der Waals surface area contributed by atoms with Crippen LogP contribution in [0, 0.1) is 0 Å². The second-order valence-electron chi connectivity index (χ2n) is 5.88. The largest absolute Gasteiger partial charge is 0.376 e. The maximum absolute atomic E-state index is 5.94. The van der Waals surface area contributed by atoms with Gasteiger partial charge in [-0.25, -0.2) is 0 Å². The van der Waals surface area contributed by atoms with Crippen LogP contribution >= 0.6 is 0 Å². The van der Waals surface area contributed by atoms with Gasteiger partial charge >= 0.3 is 0 Å². The molecule has 112 valence electrons. The number of hydrazine groups is 1. The van der Waals surface area contributed by atoms with Gasteiger partial charge in [-0.1, -0.05) is 37.5 Å². The lowest BCUT2D eigenvalue weighted by atomic mass is 9.76. The molecule has 0 bridgehead atoms. The molecule has 1 atom stereocenters. The first-order valence-electron chi connectivity index (χ1n) is 7.65. The van der Waals surface area contributed by atoms with Gasteiger partial charge in [0.25, 0.3) is 0 Å². The number of fused-ring (bicyclic) bond motifs is 1. The van der Waals surface area contributed by atoms with Crippen LogP contribution in [0.25, 0.3) is 10.9 Å². The zero-order chi connectivity index (χ0) is 14.7. The molecule has 1 aromatic carbocycles. The molecule has 0 saturated heterocycles. The summed E-state index contributed by atoms with van der Waals surface area (Å²) in [6.07, 6.45) is 7.57. The van der Waals surface area contributed by atoms with Crippen molar-refractivity contribution in [3.05, 3.63) is 42.1 Å². The number of aromatic nitrogens is 1. The lowest BCUT2D eigenvalue weighted by Crippen LogP contribution is -2.49. The summed E-state index contributed by atoms with van der Waals surface area (Å²) in [6, 6.07) is 10.4. The fourth-order valence-electron chi connectivity index (χ4n) is 3.58. The smallest absolute Gasteiger partial charge is 0.0885 e. The van der Waals surface area contributed by atoms with Crippen molar-refractivity contribution in [2.45, 2.75) is 43.7 Å². The number of methoxy groups -OCH3 is 1. The standard InChI is InChI=1S/C17H23N3O/c1-21-17(9-3-2-4-10-17)16(20-18)14-8-7-13-6-5-11-19-15(13)12-14/h5-8,11-12,16,20H,2-4,9-10,18H2,1H3. The first kappa shape index (κ1) is 14.4. The highest BCUT2D eigenvalue weighted by atomic mass is 16.5. The number of rotatable bonds is 4.